The maximum atomic E-state index is 3.14. The molecule has 1 rings (SSSR count). The van der Waals surface area contributed by atoms with Crippen LogP contribution in [0, 0.1) is 0 Å². The molecule has 0 aliphatic heterocycles. The second-order valence-corrected chi connectivity index (χ2v) is 5.07. The van der Waals surface area contributed by atoms with Gasteiger partial charge in [-0.1, -0.05) is 24.3 Å². The first-order valence-electron chi connectivity index (χ1n) is 4.81. The Labute approximate surface area is 100 Å². The zero-order chi connectivity index (χ0) is 10.4. The molecule has 0 amide bonds. The molecule has 3 heteroatoms. The zero-order valence-electron chi connectivity index (χ0n) is 8.76. The van der Waals surface area contributed by atoms with Gasteiger partial charge in [-0.05, 0) is 31.6 Å². The van der Waals surface area contributed by atoms with Crippen LogP contribution in [0.2, 0.25) is 0 Å². The Hall–Kier alpha value is -0.130. The molecular formula is C11H17IN2. The van der Waals surface area contributed by atoms with E-state index in [1.165, 1.54) is 11.1 Å². The quantitative estimate of drug-likeness (QED) is 0.663. The third kappa shape index (κ3) is 4.39. The van der Waals surface area contributed by atoms with Crippen molar-refractivity contribution in [1.82, 2.24) is 8.43 Å². The average molecular weight is 304 g/mol. The Bertz CT molecular complexity index is 256. The van der Waals surface area contributed by atoms with Crippen LogP contribution in [0.15, 0.2) is 24.3 Å². The number of likely N-dealkylation sites (N-methyl/N-ethyl adjacent to an activating group) is 1. The molecule has 0 aliphatic carbocycles. The van der Waals surface area contributed by atoms with Gasteiger partial charge in [0, 0.05) is 36.0 Å². The molecule has 0 radical (unpaired) electrons. The number of benzene rings is 1. The van der Waals surface area contributed by atoms with Gasteiger partial charge in [-0.15, -0.1) is 0 Å². The van der Waals surface area contributed by atoms with E-state index in [4.69, 9.17) is 0 Å². The van der Waals surface area contributed by atoms with E-state index in [0.717, 1.165) is 19.5 Å². The Kier molecular flexibility index (Phi) is 5.44. The van der Waals surface area contributed by atoms with Gasteiger partial charge >= 0.3 is 0 Å². The molecule has 1 aromatic carbocycles. The number of hydrogen-bond donors (Lipinski definition) is 1. The van der Waals surface area contributed by atoms with Gasteiger partial charge in [0.15, 0.2) is 0 Å². The van der Waals surface area contributed by atoms with Crippen molar-refractivity contribution in [1.29, 1.82) is 0 Å². The van der Waals surface area contributed by atoms with Gasteiger partial charge in [0.2, 0.25) is 0 Å². The molecule has 0 saturated carbocycles. The first kappa shape index (κ1) is 11.9. The summed E-state index contributed by atoms with van der Waals surface area (Å²) < 4.78 is 2.18. The molecule has 0 aromatic heterocycles. The number of nitrogens with zero attached hydrogens (tertiary/aromatic N) is 1. The van der Waals surface area contributed by atoms with Crippen molar-refractivity contribution in [3.63, 3.8) is 0 Å². The van der Waals surface area contributed by atoms with E-state index in [1.807, 2.05) is 7.05 Å². The molecule has 0 spiro atoms. The summed E-state index contributed by atoms with van der Waals surface area (Å²) in [5.41, 5.74) is 2.76. The lowest BCUT2D eigenvalue weighted by Gasteiger charge is -2.07. The van der Waals surface area contributed by atoms with Crippen molar-refractivity contribution >= 4 is 22.9 Å². The molecule has 78 valence electrons. The third-order valence-electron chi connectivity index (χ3n) is 2.11. The van der Waals surface area contributed by atoms with E-state index >= 15 is 0 Å². The van der Waals surface area contributed by atoms with Crippen molar-refractivity contribution < 1.29 is 0 Å². The van der Waals surface area contributed by atoms with Crippen LogP contribution in [-0.2, 0) is 13.0 Å². The molecule has 1 aromatic rings. The number of halogens is 1. The summed E-state index contributed by atoms with van der Waals surface area (Å²) in [6.07, 6.45) is 1.12. The molecule has 14 heavy (non-hydrogen) atoms. The predicted molar refractivity (Wildman–Crippen MR) is 69.6 cm³/mol. The summed E-state index contributed by atoms with van der Waals surface area (Å²) in [6, 6.07) is 8.82. The van der Waals surface area contributed by atoms with Crippen LogP contribution in [0.1, 0.15) is 11.1 Å². The summed E-state index contributed by atoms with van der Waals surface area (Å²) in [7, 11) is 4.06. The van der Waals surface area contributed by atoms with Crippen molar-refractivity contribution in [2.45, 2.75) is 13.0 Å². The average Bonchev–Trinajstić information content (AvgIpc) is 2.17. The van der Waals surface area contributed by atoms with Crippen LogP contribution in [0.25, 0.3) is 0 Å². The zero-order valence-corrected chi connectivity index (χ0v) is 10.9. The summed E-state index contributed by atoms with van der Waals surface area (Å²) in [4.78, 5) is 0. The standard InChI is InChI=1S/C11H17IN2/c1-13-9-11-5-3-10(4-6-11)7-8-14(2)12/h3-6,13H,7-9H2,1-2H3. The number of nitrogens with one attached hydrogen (secondary N) is 1. The minimum Gasteiger partial charge on any atom is -0.316 e. The minimum atomic E-state index is 0.951. The number of hydrogen-bond acceptors (Lipinski definition) is 2. The second-order valence-electron chi connectivity index (χ2n) is 3.43. The molecule has 0 heterocycles. The monoisotopic (exact) mass is 304 g/mol. The highest BCUT2D eigenvalue weighted by Crippen LogP contribution is 2.06. The lowest BCUT2D eigenvalue weighted by Crippen LogP contribution is -2.08. The van der Waals surface area contributed by atoms with Gasteiger partial charge in [0.25, 0.3) is 0 Å². The molecule has 0 bridgehead atoms. The van der Waals surface area contributed by atoms with Crippen LogP contribution in [0.3, 0.4) is 0 Å². The van der Waals surface area contributed by atoms with Crippen molar-refractivity contribution in [3.8, 4) is 0 Å². The van der Waals surface area contributed by atoms with Gasteiger partial charge in [0.1, 0.15) is 0 Å². The molecule has 0 atom stereocenters. The predicted octanol–water partition coefficient (Wildman–Crippen LogP) is 2.23. The smallest absolute Gasteiger partial charge is 0.0202 e. The van der Waals surface area contributed by atoms with E-state index in [1.54, 1.807) is 0 Å². The number of rotatable bonds is 5. The molecule has 2 nitrogen and oxygen atoms in total. The molecule has 0 unspecified atom stereocenters. The van der Waals surface area contributed by atoms with Crippen molar-refractivity contribution in [2.24, 2.45) is 0 Å². The van der Waals surface area contributed by atoms with Crippen LogP contribution in [0.5, 0.6) is 0 Å². The fraction of sp³-hybridized carbons (Fsp3) is 0.455. The fourth-order valence-corrected chi connectivity index (χ4v) is 1.55. The molecule has 0 fully saturated rings. The topological polar surface area (TPSA) is 15.3 Å². The molecule has 0 aliphatic rings. The SMILES string of the molecule is CNCc1ccc(CCN(C)I)cc1. The lowest BCUT2D eigenvalue weighted by atomic mass is 10.1. The Morgan fingerprint density at radius 1 is 1.21 bits per heavy atom. The summed E-state index contributed by atoms with van der Waals surface area (Å²) >= 11 is 2.31. The maximum absolute atomic E-state index is 3.14. The highest BCUT2D eigenvalue weighted by molar-refractivity contribution is 14.1. The lowest BCUT2D eigenvalue weighted by molar-refractivity contribution is 0.611. The summed E-state index contributed by atoms with van der Waals surface area (Å²) in [6.45, 7) is 2.05. The van der Waals surface area contributed by atoms with Gasteiger partial charge in [-0.25, -0.2) is 0 Å². The molecule has 0 saturated heterocycles. The van der Waals surface area contributed by atoms with Crippen LogP contribution >= 0.6 is 22.9 Å². The first-order chi connectivity index (χ1) is 6.72. The van der Waals surface area contributed by atoms with E-state index in [9.17, 15) is 0 Å². The Morgan fingerprint density at radius 3 is 2.29 bits per heavy atom. The van der Waals surface area contributed by atoms with E-state index in [2.05, 4.69) is 62.6 Å². The van der Waals surface area contributed by atoms with Gasteiger partial charge in [-0.2, -0.15) is 0 Å². The maximum Gasteiger partial charge on any atom is 0.0202 e. The minimum absolute atomic E-state index is 0.951. The van der Waals surface area contributed by atoms with Crippen molar-refractivity contribution in [2.75, 3.05) is 20.6 Å². The molecule has 1 N–H and O–H groups in total. The van der Waals surface area contributed by atoms with E-state index in [-0.39, 0.29) is 0 Å². The normalized spacial score (nSPS) is 10.9. The van der Waals surface area contributed by atoms with Crippen LogP contribution < -0.4 is 5.32 Å². The Morgan fingerprint density at radius 2 is 1.79 bits per heavy atom. The van der Waals surface area contributed by atoms with Crippen LogP contribution in [0.4, 0.5) is 0 Å². The molecular weight excluding hydrogens is 287 g/mol. The van der Waals surface area contributed by atoms with Gasteiger partial charge < -0.3 is 5.32 Å². The largest absolute Gasteiger partial charge is 0.316 e. The fourth-order valence-electron chi connectivity index (χ4n) is 1.31. The van der Waals surface area contributed by atoms with Gasteiger partial charge in [0.05, 0.1) is 0 Å². The Balaban J connectivity index is 2.46. The highest BCUT2D eigenvalue weighted by atomic mass is 127. The van der Waals surface area contributed by atoms with Gasteiger partial charge in [-0.3, -0.25) is 3.11 Å². The summed E-state index contributed by atoms with van der Waals surface area (Å²) in [5, 5.41) is 3.14. The first-order valence-corrected chi connectivity index (χ1v) is 5.78. The van der Waals surface area contributed by atoms with Crippen LogP contribution in [-0.4, -0.2) is 23.8 Å². The van der Waals surface area contributed by atoms with E-state index < -0.39 is 0 Å². The van der Waals surface area contributed by atoms with E-state index in [0.29, 0.717) is 0 Å². The van der Waals surface area contributed by atoms with Crippen molar-refractivity contribution in [3.05, 3.63) is 35.4 Å². The highest BCUT2D eigenvalue weighted by Gasteiger charge is 1.96. The second kappa shape index (κ2) is 6.37. The third-order valence-corrected chi connectivity index (χ3v) is 2.59. The summed E-state index contributed by atoms with van der Waals surface area (Å²) in [5.74, 6) is 0.